The highest BCUT2D eigenvalue weighted by Crippen LogP contribution is 2.31. The number of hydrogen-bond acceptors (Lipinski definition) is 5. The molecule has 0 bridgehead atoms. The summed E-state index contributed by atoms with van der Waals surface area (Å²) in [5, 5.41) is 2.89. The van der Waals surface area contributed by atoms with Gasteiger partial charge in [-0.15, -0.1) is 0 Å². The molecule has 1 unspecified atom stereocenters. The molecule has 8 nitrogen and oxygen atoms in total. The van der Waals surface area contributed by atoms with Gasteiger partial charge in [0.1, 0.15) is 18.3 Å². The number of nitrogens with zero attached hydrogens (tertiary/aromatic N) is 2. The van der Waals surface area contributed by atoms with Gasteiger partial charge >= 0.3 is 0 Å². The van der Waals surface area contributed by atoms with Crippen LogP contribution < -0.4 is 14.4 Å². The molecule has 0 aliphatic heterocycles. The Hall–Kier alpha value is -3.37. The molecule has 0 spiro atoms. The van der Waals surface area contributed by atoms with E-state index in [0.29, 0.717) is 28.9 Å². The van der Waals surface area contributed by atoms with Gasteiger partial charge in [0.15, 0.2) is 0 Å². The zero-order valence-corrected chi connectivity index (χ0v) is 25.7. The number of amides is 2. The molecule has 0 aliphatic carbocycles. The molecule has 1 N–H and O–H groups in total. The highest BCUT2D eigenvalue weighted by Gasteiger charge is 2.33. The summed E-state index contributed by atoms with van der Waals surface area (Å²) in [6.07, 6.45) is 1.13. The normalized spacial score (nSPS) is 11.9. The van der Waals surface area contributed by atoms with E-state index in [2.05, 4.69) is 21.2 Å². The van der Waals surface area contributed by atoms with Crippen molar-refractivity contribution >= 4 is 43.5 Å². The quantitative estimate of drug-likeness (QED) is 0.277. The van der Waals surface area contributed by atoms with Crippen LogP contribution in [0.25, 0.3) is 0 Å². The fourth-order valence-electron chi connectivity index (χ4n) is 4.24. The molecule has 3 aromatic carbocycles. The Morgan fingerprint density at radius 1 is 1.00 bits per heavy atom. The molecule has 10 heteroatoms. The average molecular weight is 631 g/mol. The molecule has 3 aromatic rings. The van der Waals surface area contributed by atoms with Crippen LogP contribution in [0, 0.1) is 6.92 Å². The number of benzene rings is 3. The highest BCUT2D eigenvalue weighted by atomic mass is 79.9. The van der Waals surface area contributed by atoms with E-state index in [1.54, 1.807) is 30.3 Å². The molecule has 0 fully saturated rings. The van der Waals surface area contributed by atoms with Gasteiger partial charge in [0.25, 0.3) is 10.0 Å². The molecule has 1 atom stereocenters. The highest BCUT2D eigenvalue weighted by molar-refractivity contribution is 9.10. The van der Waals surface area contributed by atoms with Crippen molar-refractivity contribution in [2.75, 3.05) is 24.5 Å². The summed E-state index contributed by atoms with van der Waals surface area (Å²) in [5.74, 6) is -0.272. The van der Waals surface area contributed by atoms with Gasteiger partial charge in [-0.2, -0.15) is 0 Å². The molecule has 2 amide bonds. The SMILES string of the molecule is CCCNC(=O)C(CC)N(Cc1ccccc1)C(=O)CN(c1ccc(C)cc1)S(=O)(=O)c1ccc(OC)c(Br)c1. The topological polar surface area (TPSA) is 96.0 Å². The van der Waals surface area contributed by atoms with Gasteiger partial charge in [-0.3, -0.25) is 13.9 Å². The number of ether oxygens (including phenoxy) is 1. The van der Waals surface area contributed by atoms with Crippen LogP contribution in [-0.2, 0) is 26.2 Å². The first kappa shape index (κ1) is 31.2. The van der Waals surface area contributed by atoms with E-state index < -0.39 is 28.5 Å². The van der Waals surface area contributed by atoms with Crippen molar-refractivity contribution < 1.29 is 22.7 Å². The molecule has 3 rings (SSSR count). The number of halogens is 1. The second kappa shape index (κ2) is 14.3. The number of hydrogen-bond donors (Lipinski definition) is 1. The summed E-state index contributed by atoms with van der Waals surface area (Å²) in [6, 6.07) is 20.0. The second-order valence-electron chi connectivity index (χ2n) is 9.37. The first-order valence-corrected chi connectivity index (χ1v) is 15.4. The maximum Gasteiger partial charge on any atom is 0.264 e. The van der Waals surface area contributed by atoms with E-state index in [4.69, 9.17) is 4.74 Å². The Kier molecular flexibility index (Phi) is 11.2. The number of nitrogens with one attached hydrogen (secondary N) is 1. The van der Waals surface area contributed by atoms with Crippen LogP contribution in [0.15, 0.2) is 82.2 Å². The lowest BCUT2D eigenvalue weighted by Crippen LogP contribution is -2.52. The number of aryl methyl sites for hydroxylation is 1. The Morgan fingerprint density at radius 3 is 2.25 bits per heavy atom. The standard InChI is InChI=1S/C30H36BrN3O5S/c1-5-18-32-30(36)27(6-2)33(20-23-10-8-7-9-11-23)29(35)21-34(24-14-12-22(3)13-15-24)40(37,38)25-16-17-28(39-4)26(31)19-25/h7-17,19,27H,5-6,18,20-21H2,1-4H3,(H,32,36). The van der Waals surface area contributed by atoms with Gasteiger partial charge in [0.05, 0.1) is 22.2 Å². The lowest BCUT2D eigenvalue weighted by Gasteiger charge is -2.33. The zero-order valence-electron chi connectivity index (χ0n) is 23.3. The Labute approximate surface area is 245 Å². The minimum atomic E-state index is -4.18. The third-order valence-electron chi connectivity index (χ3n) is 6.44. The third-order valence-corrected chi connectivity index (χ3v) is 8.83. The Balaban J connectivity index is 2.06. The molecule has 214 valence electrons. The third kappa shape index (κ3) is 7.63. The van der Waals surface area contributed by atoms with Crippen LogP contribution in [0.5, 0.6) is 5.75 Å². The van der Waals surface area contributed by atoms with Crippen LogP contribution in [0.4, 0.5) is 5.69 Å². The monoisotopic (exact) mass is 629 g/mol. The molecule has 0 aliphatic rings. The number of anilines is 1. The van der Waals surface area contributed by atoms with Crippen molar-refractivity contribution in [2.24, 2.45) is 0 Å². The van der Waals surface area contributed by atoms with Crippen LogP contribution in [0.1, 0.15) is 37.8 Å². The number of carbonyl (C=O) groups is 2. The van der Waals surface area contributed by atoms with E-state index in [0.717, 1.165) is 21.9 Å². The van der Waals surface area contributed by atoms with E-state index in [1.165, 1.54) is 24.1 Å². The fourth-order valence-corrected chi connectivity index (χ4v) is 6.37. The minimum Gasteiger partial charge on any atom is -0.496 e. The van der Waals surface area contributed by atoms with Crippen molar-refractivity contribution in [2.45, 2.75) is 51.1 Å². The molecule has 0 heterocycles. The summed E-state index contributed by atoms with van der Waals surface area (Å²) in [6.45, 7) is 5.85. The predicted molar refractivity (Wildman–Crippen MR) is 161 cm³/mol. The number of methoxy groups -OCH3 is 1. The van der Waals surface area contributed by atoms with E-state index in [-0.39, 0.29) is 17.3 Å². The molecule has 0 aromatic heterocycles. The van der Waals surface area contributed by atoms with Gasteiger partial charge in [-0.1, -0.05) is 61.9 Å². The summed E-state index contributed by atoms with van der Waals surface area (Å²) < 4.78 is 34.9. The zero-order chi connectivity index (χ0) is 29.3. The second-order valence-corrected chi connectivity index (χ2v) is 12.1. The van der Waals surface area contributed by atoms with E-state index in [1.807, 2.05) is 51.1 Å². The number of rotatable bonds is 13. The van der Waals surface area contributed by atoms with Crippen molar-refractivity contribution in [1.82, 2.24) is 10.2 Å². The van der Waals surface area contributed by atoms with Crippen LogP contribution in [0.3, 0.4) is 0 Å². The Morgan fingerprint density at radius 2 is 1.68 bits per heavy atom. The minimum absolute atomic E-state index is 0.00381. The predicted octanol–water partition coefficient (Wildman–Crippen LogP) is 5.30. The largest absolute Gasteiger partial charge is 0.496 e. The maximum atomic E-state index is 14.0. The molecule has 40 heavy (non-hydrogen) atoms. The van der Waals surface area contributed by atoms with Gasteiger partial charge < -0.3 is 15.0 Å². The smallest absolute Gasteiger partial charge is 0.264 e. The lowest BCUT2D eigenvalue weighted by molar-refractivity contribution is -0.140. The van der Waals surface area contributed by atoms with Gasteiger partial charge in [-0.05, 0) is 71.6 Å². The van der Waals surface area contributed by atoms with Gasteiger partial charge in [-0.25, -0.2) is 8.42 Å². The van der Waals surface area contributed by atoms with Crippen molar-refractivity contribution in [1.29, 1.82) is 0 Å². The molecular formula is C30H36BrN3O5S. The van der Waals surface area contributed by atoms with Gasteiger partial charge in [0.2, 0.25) is 11.8 Å². The van der Waals surface area contributed by atoms with Crippen LogP contribution in [-0.4, -0.2) is 51.4 Å². The van der Waals surface area contributed by atoms with Gasteiger partial charge in [0, 0.05) is 13.1 Å². The molecule has 0 saturated carbocycles. The lowest BCUT2D eigenvalue weighted by atomic mass is 10.1. The summed E-state index contributed by atoms with van der Waals surface area (Å²) in [4.78, 5) is 28.6. The fraction of sp³-hybridized carbons (Fsp3) is 0.333. The Bertz CT molecular complexity index is 1400. The van der Waals surface area contributed by atoms with Crippen molar-refractivity contribution in [3.8, 4) is 5.75 Å². The number of carbonyl (C=O) groups excluding carboxylic acids is 2. The average Bonchev–Trinajstić information content (AvgIpc) is 2.95. The maximum absolute atomic E-state index is 14.0. The van der Waals surface area contributed by atoms with Crippen molar-refractivity contribution in [3.63, 3.8) is 0 Å². The first-order chi connectivity index (χ1) is 19.1. The number of sulfonamides is 1. The molecule has 0 radical (unpaired) electrons. The molecular weight excluding hydrogens is 594 g/mol. The van der Waals surface area contributed by atoms with Crippen LogP contribution >= 0.6 is 15.9 Å². The summed E-state index contributed by atoms with van der Waals surface area (Å²) >= 11 is 3.36. The summed E-state index contributed by atoms with van der Waals surface area (Å²) in [7, 11) is -2.69. The summed E-state index contributed by atoms with van der Waals surface area (Å²) in [5.41, 5.74) is 2.12. The van der Waals surface area contributed by atoms with Crippen LogP contribution in [0.2, 0.25) is 0 Å². The van der Waals surface area contributed by atoms with Crippen molar-refractivity contribution in [3.05, 3.63) is 88.4 Å². The van der Waals surface area contributed by atoms with E-state index >= 15 is 0 Å². The van der Waals surface area contributed by atoms with E-state index in [9.17, 15) is 18.0 Å². The molecule has 0 saturated heterocycles. The first-order valence-electron chi connectivity index (χ1n) is 13.2.